The number of hydrogen-bond donors (Lipinski definition) is 0. The minimum absolute atomic E-state index is 0.126. The summed E-state index contributed by atoms with van der Waals surface area (Å²) in [5, 5.41) is 1.45. The maximum absolute atomic E-state index is 12.9. The number of Topliss-reactive ketones (excluding diaryl/α,β-unsaturated/α-hetero) is 1. The summed E-state index contributed by atoms with van der Waals surface area (Å²) in [5.74, 6) is 0.949. The van der Waals surface area contributed by atoms with Gasteiger partial charge in [0.15, 0.2) is 10.9 Å². The Labute approximate surface area is 135 Å². The number of carbonyl (C=O) groups excluding carboxylic acids is 1. The normalized spacial score (nSPS) is 30.5. The molecule has 1 aliphatic heterocycles. The van der Waals surface area contributed by atoms with E-state index in [1.165, 1.54) is 19.3 Å². The van der Waals surface area contributed by atoms with E-state index >= 15 is 0 Å². The molecule has 4 heteroatoms. The monoisotopic (exact) mass is 316 g/mol. The molecule has 0 spiro atoms. The number of methoxy groups -OCH3 is 1. The summed E-state index contributed by atoms with van der Waals surface area (Å²) < 4.78 is 11.5. The maximum atomic E-state index is 12.9. The Morgan fingerprint density at radius 3 is 2.91 bits per heavy atom. The lowest BCUT2D eigenvalue weighted by molar-refractivity contribution is 0.0983. The van der Waals surface area contributed by atoms with Gasteiger partial charge in [-0.25, -0.2) is 0 Å². The Balaban J connectivity index is 1.67. The molecule has 4 rings (SSSR count). The predicted molar refractivity (Wildman–Crippen MR) is 87.4 cm³/mol. The molecule has 2 aliphatic carbocycles. The van der Waals surface area contributed by atoms with Crippen LogP contribution < -0.4 is 4.74 Å². The molecule has 0 bridgehead atoms. The first-order valence-electron chi connectivity index (χ1n) is 8.05. The number of fused-ring (bicyclic) bond motifs is 2. The topological polar surface area (TPSA) is 35.5 Å². The average Bonchev–Trinajstić information content (AvgIpc) is 2.98. The summed E-state index contributed by atoms with van der Waals surface area (Å²) in [7, 11) is 1.66. The molecule has 0 amide bonds. The van der Waals surface area contributed by atoms with Crippen LogP contribution in [0.15, 0.2) is 28.9 Å². The lowest BCUT2D eigenvalue weighted by atomic mass is 9.87. The first-order valence-corrected chi connectivity index (χ1v) is 8.93. The highest BCUT2D eigenvalue weighted by Crippen LogP contribution is 2.46. The Bertz CT molecular complexity index is 634. The molecule has 2 atom stereocenters. The second kappa shape index (κ2) is 5.65. The number of ether oxygens (including phenoxy) is 2. The summed E-state index contributed by atoms with van der Waals surface area (Å²) in [4.78, 5) is 12.9. The number of ketones is 1. The number of benzene rings is 1. The molecule has 2 fully saturated rings. The minimum Gasteiger partial charge on any atom is -0.496 e. The maximum Gasteiger partial charge on any atom is 0.193 e. The number of carbonyl (C=O) groups is 1. The van der Waals surface area contributed by atoms with Crippen LogP contribution in [0.25, 0.3) is 0 Å². The summed E-state index contributed by atoms with van der Waals surface area (Å²) in [5.41, 5.74) is 2.70. The van der Waals surface area contributed by atoms with Gasteiger partial charge in [-0.05, 0) is 38.2 Å². The molecule has 2 unspecified atom stereocenters. The van der Waals surface area contributed by atoms with Crippen LogP contribution in [0.2, 0.25) is 0 Å². The van der Waals surface area contributed by atoms with E-state index in [9.17, 15) is 4.79 Å². The van der Waals surface area contributed by atoms with Crippen molar-refractivity contribution in [3.05, 3.63) is 40.0 Å². The predicted octanol–water partition coefficient (Wildman–Crippen LogP) is 4.11. The first kappa shape index (κ1) is 14.2. The Hall–Kier alpha value is -1.42. The zero-order valence-corrected chi connectivity index (χ0v) is 13.6. The fourth-order valence-corrected chi connectivity index (χ4v) is 5.14. The number of allylic oxidation sites excluding steroid dienone is 1. The molecular formula is C18H20O3S. The van der Waals surface area contributed by atoms with E-state index in [2.05, 4.69) is 0 Å². The van der Waals surface area contributed by atoms with Gasteiger partial charge in [0.25, 0.3) is 0 Å². The molecule has 0 radical (unpaired) electrons. The van der Waals surface area contributed by atoms with Gasteiger partial charge >= 0.3 is 0 Å². The molecule has 3 nitrogen and oxygen atoms in total. The van der Waals surface area contributed by atoms with Crippen molar-refractivity contribution in [2.75, 3.05) is 7.11 Å². The van der Waals surface area contributed by atoms with Crippen molar-refractivity contribution in [2.45, 2.75) is 49.9 Å². The Morgan fingerprint density at radius 1 is 1.23 bits per heavy atom. The van der Waals surface area contributed by atoms with Crippen molar-refractivity contribution in [3.63, 3.8) is 0 Å². The molecule has 1 saturated heterocycles. The lowest BCUT2D eigenvalue weighted by Crippen LogP contribution is -2.23. The van der Waals surface area contributed by atoms with Crippen molar-refractivity contribution in [1.29, 1.82) is 0 Å². The standard InChI is InChI=1S/C18H20O3S/c1-20-14-7-4-5-12-11(14)9-10-13(17(12)19)18-21-15-6-2-3-8-16(15)22-18/h4-5,7,15-16H,2-3,6,8-10H2,1H3/b18-13-. The van der Waals surface area contributed by atoms with Crippen LogP contribution in [0.3, 0.4) is 0 Å². The smallest absolute Gasteiger partial charge is 0.193 e. The minimum atomic E-state index is 0.126. The summed E-state index contributed by atoms with van der Waals surface area (Å²) >= 11 is 1.79. The highest BCUT2D eigenvalue weighted by atomic mass is 32.2. The van der Waals surface area contributed by atoms with Crippen LogP contribution in [0.5, 0.6) is 5.75 Å². The van der Waals surface area contributed by atoms with Crippen molar-refractivity contribution >= 4 is 17.5 Å². The van der Waals surface area contributed by atoms with E-state index in [1.807, 2.05) is 18.2 Å². The van der Waals surface area contributed by atoms with Gasteiger partial charge in [0, 0.05) is 21.9 Å². The number of rotatable bonds is 1. The van der Waals surface area contributed by atoms with Crippen molar-refractivity contribution < 1.29 is 14.3 Å². The van der Waals surface area contributed by atoms with Crippen molar-refractivity contribution in [1.82, 2.24) is 0 Å². The average molecular weight is 316 g/mol. The van der Waals surface area contributed by atoms with E-state index in [4.69, 9.17) is 9.47 Å². The van der Waals surface area contributed by atoms with Crippen LogP contribution in [-0.4, -0.2) is 24.2 Å². The highest BCUT2D eigenvalue weighted by molar-refractivity contribution is 8.03. The fraction of sp³-hybridized carbons (Fsp3) is 0.500. The molecule has 116 valence electrons. The van der Waals surface area contributed by atoms with Crippen LogP contribution in [0.1, 0.15) is 48.0 Å². The molecular weight excluding hydrogens is 296 g/mol. The quantitative estimate of drug-likeness (QED) is 0.730. The Morgan fingerprint density at radius 2 is 2.09 bits per heavy atom. The van der Waals surface area contributed by atoms with Crippen molar-refractivity contribution in [3.8, 4) is 5.75 Å². The summed E-state index contributed by atoms with van der Waals surface area (Å²) in [6.45, 7) is 0. The SMILES string of the molecule is COc1cccc2c1CC/C(=C1\OC3CCCCC3S1)C2=O. The number of thioether (sulfide) groups is 1. The molecule has 0 aromatic heterocycles. The van der Waals surface area contributed by atoms with Gasteiger partial charge in [-0.15, -0.1) is 0 Å². The van der Waals surface area contributed by atoms with Crippen LogP contribution in [0.4, 0.5) is 0 Å². The zero-order chi connectivity index (χ0) is 15.1. The molecule has 22 heavy (non-hydrogen) atoms. The second-order valence-corrected chi connectivity index (χ2v) is 7.39. The van der Waals surface area contributed by atoms with Gasteiger partial charge in [-0.3, -0.25) is 4.79 Å². The van der Waals surface area contributed by atoms with E-state index in [-0.39, 0.29) is 5.78 Å². The first-order chi connectivity index (χ1) is 10.8. The third-order valence-corrected chi connectivity index (χ3v) is 6.30. The molecule has 0 N–H and O–H groups in total. The van der Waals surface area contributed by atoms with E-state index in [0.29, 0.717) is 11.4 Å². The largest absolute Gasteiger partial charge is 0.496 e. The zero-order valence-electron chi connectivity index (χ0n) is 12.8. The van der Waals surface area contributed by atoms with Gasteiger partial charge in [-0.2, -0.15) is 0 Å². The fourth-order valence-electron chi connectivity index (χ4n) is 3.73. The summed E-state index contributed by atoms with van der Waals surface area (Å²) in [6, 6.07) is 5.73. The van der Waals surface area contributed by atoms with Gasteiger partial charge in [0.1, 0.15) is 11.9 Å². The molecule has 3 aliphatic rings. The molecule has 1 aromatic rings. The van der Waals surface area contributed by atoms with Crippen LogP contribution in [-0.2, 0) is 11.2 Å². The highest BCUT2D eigenvalue weighted by Gasteiger charge is 2.38. The van der Waals surface area contributed by atoms with E-state index < -0.39 is 0 Å². The molecule has 1 aromatic carbocycles. The van der Waals surface area contributed by atoms with Gasteiger partial charge < -0.3 is 9.47 Å². The van der Waals surface area contributed by atoms with Crippen molar-refractivity contribution in [2.24, 2.45) is 0 Å². The van der Waals surface area contributed by atoms with E-state index in [1.54, 1.807) is 18.9 Å². The van der Waals surface area contributed by atoms with Crippen LogP contribution >= 0.6 is 11.8 Å². The van der Waals surface area contributed by atoms with Gasteiger partial charge in [-0.1, -0.05) is 30.3 Å². The van der Waals surface area contributed by atoms with Crippen LogP contribution in [0, 0.1) is 0 Å². The van der Waals surface area contributed by atoms with Gasteiger partial charge in [0.05, 0.1) is 7.11 Å². The second-order valence-electron chi connectivity index (χ2n) is 6.18. The number of hydrogen-bond acceptors (Lipinski definition) is 4. The third kappa shape index (κ3) is 2.24. The van der Waals surface area contributed by atoms with Gasteiger partial charge in [0.2, 0.25) is 0 Å². The Kier molecular flexibility index (Phi) is 3.65. The third-order valence-electron chi connectivity index (χ3n) is 4.90. The lowest BCUT2D eigenvalue weighted by Gasteiger charge is -2.22. The summed E-state index contributed by atoms with van der Waals surface area (Å²) in [6.07, 6.45) is 6.81. The molecule has 1 saturated carbocycles. The molecule has 1 heterocycles. The van der Waals surface area contributed by atoms with E-state index in [0.717, 1.165) is 46.8 Å².